The van der Waals surface area contributed by atoms with Gasteiger partial charge < -0.3 is 5.73 Å². The molecular formula is C15H21N3O. The highest BCUT2D eigenvalue weighted by Crippen LogP contribution is 2.37. The molecule has 1 aromatic rings. The Labute approximate surface area is 114 Å². The number of nitrogens with two attached hydrogens (primary N) is 1. The smallest absolute Gasteiger partial charge is 0.231 e. The van der Waals surface area contributed by atoms with E-state index in [4.69, 9.17) is 5.73 Å². The van der Waals surface area contributed by atoms with Gasteiger partial charge >= 0.3 is 0 Å². The minimum absolute atomic E-state index is 0.0347. The van der Waals surface area contributed by atoms with Gasteiger partial charge in [-0.05, 0) is 12.0 Å². The van der Waals surface area contributed by atoms with Crippen LogP contribution in [0.5, 0.6) is 0 Å². The van der Waals surface area contributed by atoms with Crippen LogP contribution in [0.3, 0.4) is 0 Å². The normalized spacial score (nSPS) is 23.4. The van der Waals surface area contributed by atoms with Gasteiger partial charge in [-0.3, -0.25) is 9.69 Å². The second-order valence-electron chi connectivity index (χ2n) is 5.10. The molecule has 1 heterocycles. The summed E-state index contributed by atoms with van der Waals surface area (Å²) in [4.78, 5) is 18.2. The zero-order chi connectivity index (χ0) is 13.9. The van der Waals surface area contributed by atoms with E-state index >= 15 is 0 Å². The Morgan fingerprint density at radius 3 is 2.63 bits per heavy atom. The summed E-state index contributed by atoms with van der Waals surface area (Å²) in [5.74, 6) is 0.351. The van der Waals surface area contributed by atoms with Crippen LogP contribution in [0.2, 0.25) is 0 Å². The van der Waals surface area contributed by atoms with Gasteiger partial charge in [0.25, 0.3) is 0 Å². The molecule has 0 aromatic heterocycles. The van der Waals surface area contributed by atoms with E-state index in [1.54, 1.807) is 7.05 Å². The lowest BCUT2D eigenvalue weighted by atomic mass is 9.81. The summed E-state index contributed by atoms with van der Waals surface area (Å²) in [7, 11) is 1.68. The van der Waals surface area contributed by atoms with E-state index in [1.165, 1.54) is 4.90 Å². The van der Waals surface area contributed by atoms with E-state index in [-0.39, 0.29) is 5.91 Å². The van der Waals surface area contributed by atoms with Crippen LogP contribution in [0, 0.1) is 0 Å². The third-order valence-electron chi connectivity index (χ3n) is 3.75. The molecule has 1 unspecified atom stereocenters. The Hall–Kier alpha value is -1.84. The SMILES string of the molecule is CCCCC1(c2ccccc2)CC(=O)N(C)C(N)=N1. The van der Waals surface area contributed by atoms with Crippen LogP contribution in [0.4, 0.5) is 0 Å². The summed E-state index contributed by atoms with van der Waals surface area (Å²) in [6, 6.07) is 10.0. The van der Waals surface area contributed by atoms with Gasteiger partial charge in [-0.2, -0.15) is 0 Å². The van der Waals surface area contributed by atoms with Gasteiger partial charge in [-0.25, -0.2) is 4.99 Å². The number of nitrogens with zero attached hydrogens (tertiary/aromatic N) is 2. The largest absolute Gasteiger partial charge is 0.369 e. The van der Waals surface area contributed by atoms with Crippen molar-refractivity contribution in [2.45, 2.75) is 38.1 Å². The average molecular weight is 259 g/mol. The highest BCUT2D eigenvalue weighted by atomic mass is 16.2. The number of aliphatic imine (C=N–C) groups is 1. The molecular weight excluding hydrogens is 238 g/mol. The summed E-state index contributed by atoms with van der Waals surface area (Å²) in [5.41, 5.74) is 6.50. The van der Waals surface area contributed by atoms with Gasteiger partial charge in [0.05, 0.1) is 12.0 Å². The zero-order valence-electron chi connectivity index (χ0n) is 11.6. The number of hydrogen-bond acceptors (Lipinski definition) is 3. The van der Waals surface area contributed by atoms with Crippen LogP contribution in [0.25, 0.3) is 0 Å². The van der Waals surface area contributed by atoms with E-state index in [1.807, 2.05) is 30.3 Å². The molecule has 0 bridgehead atoms. The summed E-state index contributed by atoms with van der Waals surface area (Å²) in [5, 5.41) is 0. The molecule has 0 saturated carbocycles. The molecule has 0 aliphatic carbocycles. The molecule has 0 saturated heterocycles. The maximum Gasteiger partial charge on any atom is 0.231 e. The molecule has 1 aromatic carbocycles. The first-order valence-corrected chi connectivity index (χ1v) is 6.76. The molecule has 0 radical (unpaired) electrons. The zero-order valence-corrected chi connectivity index (χ0v) is 11.6. The molecule has 4 nitrogen and oxygen atoms in total. The van der Waals surface area contributed by atoms with E-state index < -0.39 is 5.54 Å². The predicted octanol–water partition coefficient (Wildman–Crippen LogP) is 2.25. The third kappa shape index (κ3) is 2.62. The van der Waals surface area contributed by atoms with Crippen LogP contribution in [0.15, 0.2) is 35.3 Å². The van der Waals surface area contributed by atoms with Gasteiger partial charge in [0, 0.05) is 7.05 Å². The molecule has 1 atom stereocenters. The highest BCUT2D eigenvalue weighted by Gasteiger charge is 2.39. The van der Waals surface area contributed by atoms with Gasteiger partial charge in [-0.1, -0.05) is 50.1 Å². The summed E-state index contributed by atoms with van der Waals surface area (Å²) < 4.78 is 0. The maximum absolute atomic E-state index is 12.1. The van der Waals surface area contributed by atoms with Gasteiger partial charge in [0.2, 0.25) is 5.91 Å². The molecule has 0 spiro atoms. The van der Waals surface area contributed by atoms with Crippen molar-refractivity contribution in [2.24, 2.45) is 10.7 Å². The molecule has 2 N–H and O–H groups in total. The lowest BCUT2D eigenvalue weighted by Gasteiger charge is -2.36. The Morgan fingerprint density at radius 1 is 1.37 bits per heavy atom. The van der Waals surface area contributed by atoms with Crippen molar-refractivity contribution in [3.63, 3.8) is 0 Å². The second kappa shape index (κ2) is 5.43. The minimum atomic E-state index is -0.481. The molecule has 1 amide bonds. The first-order chi connectivity index (χ1) is 9.09. The van der Waals surface area contributed by atoms with E-state index in [9.17, 15) is 4.79 Å². The number of unbranched alkanes of at least 4 members (excludes halogenated alkanes) is 1. The summed E-state index contributed by atoms with van der Waals surface area (Å²) in [6.45, 7) is 2.14. The third-order valence-corrected chi connectivity index (χ3v) is 3.75. The standard InChI is InChI=1S/C15H21N3O/c1-3-4-10-15(12-8-6-5-7-9-12)11-13(19)18(2)14(16)17-15/h5-9H,3-4,10-11H2,1-2H3,(H2,16,17). The Balaban J connectivity index is 2.44. The van der Waals surface area contributed by atoms with Crippen LogP contribution in [-0.4, -0.2) is 23.8 Å². The highest BCUT2D eigenvalue weighted by molar-refractivity contribution is 5.98. The fourth-order valence-electron chi connectivity index (χ4n) is 2.50. The average Bonchev–Trinajstić information content (AvgIpc) is 2.43. The van der Waals surface area contributed by atoms with Crippen LogP contribution in [0.1, 0.15) is 38.2 Å². The summed E-state index contributed by atoms with van der Waals surface area (Å²) in [6.07, 6.45) is 3.36. The number of hydrogen-bond donors (Lipinski definition) is 1. The van der Waals surface area contributed by atoms with Crippen molar-refractivity contribution in [3.05, 3.63) is 35.9 Å². The van der Waals surface area contributed by atoms with Crippen LogP contribution >= 0.6 is 0 Å². The number of carbonyl (C=O) groups excluding carboxylic acids is 1. The van der Waals surface area contributed by atoms with Crippen LogP contribution in [-0.2, 0) is 10.3 Å². The lowest BCUT2D eigenvalue weighted by Crippen LogP contribution is -2.48. The van der Waals surface area contributed by atoms with Crippen molar-refractivity contribution < 1.29 is 4.79 Å². The number of benzene rings is 1. The number of guanidine groups is 1. The number of rotatable bonds is 4. The first kappa shape index (κ1) is 13.6. The topological polar surface area (TPSA) is 58.7 Å². The first-order valence-electron chi connectivity index (χ1n) is 6.76. The molecule has 0 fully saturated rings. The second-order valence-corrected chi connectivity index (χ2v) is 5.10. The van der Waals surface area contributed by atoms with E-state index in [0.29, 0.717) is 12.4 Å². The van der Waals surface area contributed by atoms with Crippen molar-refractivity contribution in [1.29, 1.82) is 0 Å². The van der Waals surface area contributed by atoms with Gasteiger partial charge in [0.15, 0.2) is 5.96 Å². The molecule has 1 aliphatic rings. The molecule has 19 heavy (non-hydrogen) atoms. The molecule has 102 valence electrons. The predicted molar refractivity (Wildman–Crippen MR) is 76.7 cm³/mol. The van der Waals surface area contributed by atoms with Crippen molar-refractivity contribution >= 4 is 11.9 Å². The fraction of sp³-hybridized carbons (Fsp3) is 0.467. The van der Waals surface area contributed by atoms with Crippen molar-refractivity contribution in [2.75, 3.05) is 7.05 Å². The van der Waals surface area contributed by atoms with E-state index in [0.717, 1.165) is 24.8 Å². The maximum atomic E-state index is 12.1. The molecule has 4 heteroatoms. The van der Waals surface area contributed by atoms with Crippen molar-refractivity contribution in [1.82, 2.24) is 4.90 Å². The van der Waals surface area contributed by atoms with Crippen LogP contribution < -0.4 is 5.73 Å². The van der Waals surface area contributed by atoms with E-state index in [2.05, 4.69) is 11.9 Å². The quantitative estimate of drug-likeness (QED) is 0.901. The van der Waals surface area contributed by atoms with Gasteiger partial charge in [-0.15, -0.1) is 0 Å². The number of carbonyl (C=O) groups is 1. The molecule has 1 aliphatic heterocycles. The number of amides is 1. The monoisotopic (exact) mass is 259 g/mol. The lowest BCUT2D eigenvalue weighted by molar-refractivity contribution is -0.128. The van der Waals surface area contributed by atoms with Gasteiger partial charge in [0.1, 0.15) is 0 Å². The fourth-order valence-corrected chi connectivity index (χ4v) is 2.50. The Kier molecular flexibility index (Phi) is 3.88. The summed E-state index contributed by atoms with van der Waals surface area (Å²) >= 11 is 0. The van der Waals surface area contributed by atoms with Crippen molar-refractivity contribution in [3.8, 4) is 0 Å². The Morgan fingerprint density at radius 2 is 2.05 bits per heavy atom. The minimum Gasteiger partial charge on any atom is -0.369 e. The Bertz CT molecular complexity index is 483. The molecule has 2 rings (SSSR count).